The van der Waals surface area contributed by atoms with Crippen molar-refractivity contribution in [3.63, 3.8) is 0 Å². The predicted molar refractivity (Wildman–Crippen MR) is 106 cm³/mol. The van der Waals surface area contributed by atoms with Gasteiger partial charge in [-0.2, -0.15) is 17.0 Å². The van der Waals surface area contributed by atoms with Gasteiger partial charge in [0.25, 0.3) is 10.2 Å². The van der Waals surface area contributed by atoms with Gasteiger partial charge in [0, 0.05) is 31.9 Å². The van der Waals surface area contributed by atoms with E-state index >= 15 is 0 Å². The predicted octanol–water partition coefficient (Wildman–Crippen LogP) is 2.63. The summed E-state index contributed by atoms with van der Waals surface area (Å²) in [5.41, 5.74) is 1.45. The molecule has 1 aliphatic heterocycles. The standard InChI is InChI=1S/C20H24FN3O3S/c1-2-24(19-7-4-3-5-8-19)20(25)16-23-14-6-13-22(28(23,26)27)15-17-9-11-18(21)12-10-17/h3-5,7-12H,2,6,13-16H2,1H3. The van der Waals surface area contributed by atoms with E-state index in [0.29, 0.717) is 31.6 Å². The Labute approximate surface area is 165 Å². The van der Waals surface area contributed by atoms with Gasteiger partial charge in [0.15, 0.2) is 0 Å². The van der Waals surface area contributed by atoms with Crippen molar-refractivity contribution in [3.8, 4) is 0 Å². The second kappa shape index (κ2) is 8.81. The molecule has 1 heterocycles. The first kappa shape index (κ1) is 20.4. The fraction of sp³-hybridized carbons (Fsp3) is 0.350. The molecule has 2 aromatic carbocycles. The van der Waals surface area contributed by atoms with Gasteiger partial charge >= 0.3 is 0 Å². The van der Waals surface area contributed by atoms with E-state index in [1.165, 1.54) is 20.7 Å². The molecule has 0 unspecified atom stereocenters. The molecule has 1 amide bonds. The molecule has 28 heavy (non-hydrogen) atoms. The summed E-state index contributed by atoms with van der Waals surface area (Å²) < 4.78 is 41.6. The lowest BCUT2D eigenvalue weighted by atomic mass is 10.2. The van der Waals surface area contributed by atoms with Crippen molar-refractivity contribution in [1.82, 2.24) is 8.61 Å². The third kappa shape index (κ3) is 4.57. The Morgan fingerprint density at radius 3 is 2.32 bits per heavy atom. The number of hydrogen-bond donors (Lipinski definition) is 0. The van der Waals surface area contributed by atoms with Crippen LogP contribution in [-0.4, -0.2) is 49.1 Å². The van der Waals surface area contributed by atoms with Crippen LogP contribution in [0.4, 0.5) is 10.1 Å². The van der Waals surface area contributed by atoms with Gasteiger partial charge in [0.05, 0.1) is 6.54 Å². The van der Waals surface area contributed by atoms with Crippen LogP contribution in [-0.2, 0) is 21.5 Å². The number of rotatable bonds is 6. The van der Waals surface area contributed by atoms with E-state index in [0.717, 1.165) is 5.69 Å². The van der Waals surface area contributed by atoms with Gasteiger partial charge < -0.3 is 4.90 Å². The number of amides is 1. The largest absolute Gasteiger partial charge is 0.312 e. The highest BCUT2D eigenvalue weighted by atomic mass is 32.2. The lowest BCUT2D eigenvalue weighted by Crippen LogP contribution is -2.52. The van der Waals surface area contributed by atoms with Gasteiger partial charge in [-0.05, 0) is 43.2 Å². The summed E-state index contributed by atoms with van der Waals surface area (Å²) in [6.45, 7) is 2.95. The molecule has 1 saturated heterocycles. The maximum Gasteiger partial charge on any atom is 0.282 e. The maximum absolute atomic E-state index is 13.1. The van der Waals surface area contributed by atoms with Crippen LogP contribution in [0.25, 0.3) is 0 Å². The van der Waals surface area contributed by atoms with Gasteiger partial charge in [-0.1, -0.05) is 30.3 Å². The van der Waals surface area contributed by atoms with Crippen molar-refractivity contribution < 1.29 is 17.6 Å². The number of benzene rings is 2. The van der Waals surface area contributed by atoms with E-state index in [1.54, 1.807) is 17.0 Å². The van der Waals surface area contributed by atoms with Crippen LogP contribution in [0.5, 0.6) is 0 Å². The second-order valence-corrected chi connectivity index (χ2v) is 8.56. The van der Waals surface area contributed by atoms with Crippen molar-refractivity contribution in [1.29, 1.82) is 0 Å². The Balaban J connectivity index is 1.72. The van der Waals surface area contributed by atoms with Crippen LogP contribution in [0.3, 0.4) is 0 Å². The van der Waals surface area contributed by atoms with Crippen LogP contribution in [0.15, 0.2) is 54.6 Å². The summed E-state index contributed by atoms with van der Waals surface area (Å²) in [7, 11) is -3.77. The topological polar surface area (TPSA) is 60.9 Å². The molecule has 0 bridgehead atoms. The Morgan fingerprint density at radius 2 is 1.68 bits per heavy atom. The molecule has 8 heteroatoms. The van der Waals surface area contributed by atoms with Crippen molar-refractivity contribution in [2.45, 2.75) is 19.9 Å². The summed E-state index contributed by atoms with van der Waals surface area (Å²) in [4.78, 5) is 14.4. The minimum Gasteiger partial charge on any atom is -0.312 e. The number of hydrogen-bond acceptors (Lipinski definition) is 3. The van der Waals surface area contributed by atoms with Crippen molar-refractivity contribution in [2.75, 3.05) is 31.1 Å². The van der Waals surface area contributed by atoms with E-state index in [4.69, 9.17) is 0 Å². The minimum atomic E-state index is -3.77. The molecule has 0 N–H and O–H groups in total. The number of carbonyl (C=O) groups excluding carboxylic acids is 1. The summed E-state index contributed by atoms with van der Waals surface area (Å²) in [5.74, 6) is -0.626. The zero-order valence-electron chi connectivity index (χ0n) is 15.8. The molecule has 0 aliphatic carbocycles. The Morgan fingerprint density at radius 1 is 1.04 bits per heavy atom. The minimum absolute atomic E-state index is 0.156. The molecular weight excluding hydrogens is 381 g/mol. The fourth-order valence-electron chi connectivity index (χ4n) is 3.28. The van der Waals surface area contributed by atoms with E-state index < -0.39 is 10.2 Å². The van der Waals surface area contributed by atoms with Crippen LogP contribution in [0.2, 0.25) is 0 Å². The monoisotopic (exact) mass is 405 g/mol. The molecule has 1 aliphatic rings. The first-order valence-corrected chi connectivity index (χ1v) is 10.7. The maximum atomic E-state index is 13.1. The average molecular weight is 405 g/mol. The zero-order valence-corrected chi connectivity index (χ0v) is 16.6. The number of likely N-dealkylation sites (N-methyl/N-ethyl adjacent to an activating group) is 1. The Kier molecular flexibility index (Phi) is 6.43. The Hall–Kier alpha value is -2.29. The van der Waals surface area contributed by atoms with Gasteiger partial charge in [-0.25, -0.2) is 4.39 Å². The lowest BCUT2D eigenvalue weighted by Gasteiger charge is -2.35. The molecule has 150 valence electrons. The van der Waals surface area contributed by atoms with E-state index in [-0.39, 0.29) is 24.8 Å². The highest BCUT2D eigenvalue weighted by Gasteiger charge is 2.35. The van der Waals surface area contributed by atoms with Gasteiger partial charge in [0.1, 0.15) is 5.82 Å². The van der Waals surface area contributed by atoms with Crippen molar-refractivity contribution in [2.24, 2.45) is 0 Å². The Bertz CT molecular complexity index is 904. The summed E-state index contributed by atoms with van der Waals surface area (Å²) in [5, 5.41) is 0. The SMILES string of the molecule is CCN(C(=O)CN1CCCN(Cc2ccc(F)cc2)S1(=O)=O)c1ccccc1. The number of halogens is 1. The first-order valence-electron chi connectivity index (χ1n) is 9.27. The molecule has 1 fully saturated rings. The molecule has 0 radical (unpaired) electrons. The highest BCUT2D eigenvalue weighted by molar-refractivity contribution is 7.86. The van der Waals surface area contributed by atoms with Crippen LogP contribution < -0.4 is 4.90 Å². The summed E-state index contributed by atoms with van der Waals surface area (Å²) in [6.07, 6.45) is 0.630. The lowest BCUT2D eigenvalue weighted by molar-refractivity contribution is -0.118. The number of para-hydroxylation sites is 1. The third-order valence-electron chi connectivity index (χ3n) is 4.74. The number of nitrogens with zero attached hydrogens (tertiary/aromatic N) is 3. The third-order valence-corrected chi connectivity index (χ3v) is 6.67. The van der Waals surface area contributed by atoms with Gasteiger partial charge in [-0.15, -0.1) is 0 Å². The highest BCUT2D eigenvalue weighted by Crippen LogP contribution is 2.21. The van der Waals surface area contributed by atoms with Crippen molar-refractivity contribution >= 4 is 21.8 Å². The molecule has 3 rings (SSSR count). The average Bonchev–Trinajstić information content (AvgIpc) is 2.68. The number of anilines is 1. The van der Waals surface area contributed by atoms with Gasteiger partial charge in [-0.3, -0.25) is 4.79 Å². The summed E-state index contributed by atoms with van der Waals surface area (Å²) >= 11 is 0. The first-order chi connectivity index (χ1) is 13.4. The van der Waals surface area contributed by atoms with Crippen LogP contribution in [0, 0.1) is 5.82 Å². The molecule has 0 aromatic heterocycles. The van der Waals surface area contributed by atoms with Gasteiger partial charge in [0.2, 0.25) is 5.91 Å². The molecule has 0 spiro atoms. The molecule has 2 aromatic rings. The fourth-order valence-corrected chi connectivity index (χ4v) is 4.91. The molecule has 6 nitrogen and oxygen atoms in total. The zero-order chi connectivity index (χ0) is 20.1. The van der Waals surface area contributed by atoms with Crippen molar-refractivity contribution in [3.05, 3.63) is 66.0 Å². The number of carbonyl (C=O) groups is 1. The quantitative estimate of drug-likeness (QED) is 0.742. The molecule has 0 atom stereocenters. The summed E-state index contributed by atoms with van der Waals surface area (Å²) in [6, 6.07) is 15.0. The van der Waals surface area contributed by atoms with E-state index in [9.17, 15) is 17.6 Å². The second-order valence-electron chi connectivity index (χ2n) is 6.63. The molecular formula is C20H24FN3O3S. The molecule has 0 saturated carbocycles. The normalized spacial score (nSPS) is 17.4. The van der Waals surface area contributed by atoms with E-state index in [2.05, 4.69) is 0 Å². The smallest absolute Gasteiger partial charge is 0.282 e. The van der Waals surface area contributed by atoms with E-state index in [1.807, 2.05) is 37.3 Å². The van der Waals surface area contributed by atoms with Crippen LogP contribution >= 0.6 is 0 Å². The van der Waals surface area contributed by atoms with Crippen LogP contribution in [0.1, 0.15) is 18.9 Å².